The van der Waals surface area contributed by atoms with E-state index in [1.165, 1.54) is 17.4 Å². The fraction of sp³-hybridized carbons (Fsp3) is 0.467. The zero-order valence-electron chi connectivity index (χ0n) is 23.3. The minimum Gasteiger partial charge on any atom is -0.462 e. The summed E-state index contributed by atoms with van der Waals surface area (Å²) in [6.07, 6.45) is 4.49. The maximum absolute atomic E-state index is 14.4. The predicted molar refractivity (Wildman–Crippen MR) is 158 cm³/mol. The van der Waals surface area contributed by atoms with E-state index in [0.717, 1.165) is 54.1 Å². The lowest BCUT2D eigenvalue weighted by molar-refractivity contribution is -0.128. The number of benzene rings is 1. The van der Waals surface area contributed by atoms with Crippen molar-refractivity contribution in [3.05, 3.63) is 53.3 Å². The molecule has 11 heteroatoms. The first-order chi connectivity index (χ1) is 20.0. The zero-order valence-corrected chi connectivity index (χ0v) is 24.1. The van der Waals surface area contributed by atoms with Gasteiger partial charge in [0.15, 0.2) is 0 Å². The van der Waals surface area contributed by atoms with E-state index in [-0.39, 0.29) is 24.2 Å². The van der Waals surface area contributed by atoms with E-state index in [2.05, 4.69) is 34.4 Å². The lowest BCUT2D eigenvalue weighted by atomic mass is 10.0. The number of likely N-dealkylation sites (N-methyl/N-ethyl adjacent to an activating group) is 1. The quantitative estimate of drug-likeness (QED) is 0.391. The number of hydrogen-bond acceptors (Lipinski definition) is 9. The molecule has 0 spiro atoms. The molecule has 6 rings (SSSR count). The molecule has 2 fully saturated rings. The van der Waals surface area contributed by atoms with Gasteiger partial charge in [-0.3, -0.25) is 4.79 Å². The Balaban J connectivity index is 1.33. The number of piperazine rings is 1. The van der Waals surface area contributed by atoms with Crippen molar-refractivity contribution in [3.8, 4) is 12.1 Å². The number of fused-ring (bicyclic) bond motifs is 2. The molecule has 5 heterocycles. The van der Waals surface area contributed by atoms with Crippen LogP contribution in [0.5, 0.6) is 6.01 Å². The topological polar surface area (TPSA) is 88.8 Å². The molecule has 0 radical (unpaired) electrons. The monoisotopic (exact) mass is 575 g/mol. The third-order valence-electron chi connectivity index (χ3n) is 8.55. The molecule has 1 amide bonds. The summed E-state index contributed by atoms with van der Waals surface area (Å²) in [5.41, 5.74) is 2.95. The SMILES string of the molecule is C=CC(=O)N1CCN(c2nc(OC[C@@H]3CCCN3C)nc3c2CCN(c2ccc(F)c4sccc24)C3)C[C@@H]1CC#N. The number of ether oxygens (including phenoxy) is 1. The zero-order chi connectivity index (χ0) is 28.5. The van der Waals surface area contributed by atoms with E-state index in [1.807, 2.05) is 17.5 Å². The first-order valence-corrected chi connectivity index (χ1v) is 15.0. The summed E-state index contributed by atoms with van der Waals surface area (Å²) in [6, 6.07) is 8.03. The number of likely N-dealkylation sites (tertiary alicyclic amines) is 1. The van der Waals surface area contributed by atoms with E-state index in [0.29, 0.717) is 56.0 Å². The van der Waals surface area contributed by atoms with Crippen molar-refractivity contribution in [1.29, 1.82) is 5.26 Å². The van der Waals surface area contributed by atoms with Crippen LogP contribution in [0.4, 0.5) is 15.9 Å². The molecule has 2 atom stereocenters. The average Bonchev–Trinajstić information content (AvgIpc) is 3.65. The van der Waals surface area contributed by atoms with Gasteiger partial charge in [-0.1, -0.05) is 6.58 Å². The smallest absolute Gasteiger partial charge is 0.318 e. The van der Waals surface area contributed by atoms with Gasteiger partial charge < -0.3 is 24.3 Å². The number of nitriles is 1. The molecule has 3 aromatic rings. The minimum absolute atomic E-state index is 0.158. The first-order valence-electron chi connectivity index (χ1n) is 14.1. The van der Waals surface area contributed by atoms with E-state index in [1.54, 1.807) is 11.0 Å². The molecule has 2 aromatic heterocycles. The Kier molecular flexibility index (Phi) is 7.77. The molecule has 0 aliphatic carbocycles. The van der Waals surface area contributed by atoms with Gasteiger partial charge in [0.05, 0.1) is 35.5 Å². The largest absolute Gasteiger partial charge is 0.462 e. The van der Waals surface area contributed by atoms with E-state index < -0.39 is 0 Å². The van der Waals surface area contributed by atoms with Gasteiger partial charge in [0.1, 0.15) is 18.2 Å². The summed E-state index contributed by atoms with van der Waals surface area (Å²) in [5.74, 6) is 0.459. The van der Waals surface area contributed by atoms with Crippen molar-refractivity contribution >= 4 is 38.8 Å². The maximum atomic E-state index is 14.4. The second kappa shape index (κ2) is 11.6. The Morgan fingerprint density at radius 3 is 2.88 bits per heavy atom. The van der Waals surface area contributed by atoms with Gasteiger partial charge in [-0.15, -0.1) is 11.3 Å². The molecular formula is C30H34FN7O2S. The van der Waals surface area contributed by atoms with Crippen molar-refractivity contribution in [3.63, 3.8) is 0 Å². The fourth-order valence-corrected chi connectivity index (χ4v) is 7.13. The first kappa shape index (κ1) is 27.4. The molecule has 0 N–H and O–H groups in total. The highest BCUT2D eigenvalue weighted by atomic mass is 32.1. The molecule has 9 nitrogen and oxygen atoms in total. The molecule has 2 saturated heterocycles. The number of hydrogen-bond donors (Lipinski definition) is 0. The Morgan fingerprint density at radius 1 is 1.22 bits per heavy atom. The lowest BCUT2D eigenvalue weighted by Gasteiger charge is -2.42. The van der Waals surface area contributed by atoms with Crippen LogP contribution in [0, 0.1) is 17.1 Å². The molecule has 3 aliphatic heterocycles. The van der Waals surface area contributed by atoms with E-state index >= 15 is 0 Å². The van der Waals surface area contributed by atoms with Crippen LogP contribution in [0.1, 0.15) is 30.5 Å². The van der Waals surface area contributed by atoms with Crippen LogP contribution < -0.4 is 14.5 Å². The van der Waals surface area contributed by atoms with Crippen LogP contribution in [0.3, 0.4) is 0 Å². The fourth-order valence-electron chi connectivity index (χ4n) is 6.31. The molecular weight excluding hydrogens is 541 g/mol. The molecule has 0 saturated carbocycles. The standard InChI is InChI=1S/C30H34FN7O2S/c1-3-27(39)38-15-14-37(17-20(38)8-11-32)29-22-9-13-36(26-7-6-24(31)28-23(26)10-16-41-28)18-25(22)33-30(34-29)40-19-21-5-4-12-35(21)2/h3,6-7,10,16,20-21H,1,4-5,8-9,12-15,17-19H2,2H3/t20-,21-/m0/s1. The number of anilines is 2. The number of halogens is 1. The normalized spacial score (nSPS) is 21.1. The Hall–Kier alpha value is -3.75. The van der Waals surface area contributed by atoms with E-state index in [9.17, 15) is 14.4 Å². The van der Waals surface area contributed by atoms with Crippen LogP contribution in [-0.2, 0) is 17.8 Å². The number of nitrogens with zero attached hydrogens (tertiary/aromatic N) is 7. The third-order valence-corrected chi connectivity index (χ3v) is 9.48. The molecule has 1 aromatic carbocycles. The van der Waals surface area contributed by atoms with Gasteiger partial charge in [-0.25, -0.2) is 4.39 Å². The summed E-state index contributed by atoms with van der Waals surface area (Å²) < 4.78 is 21.3. The molecule has 0 unspecified atom stereocenters. The number of thiophene rings is 1. The summed E-state index contributed by atoms with van der Waals surface area (Å²) in [7, 11) is 2.12. The molecule has 214 valence electrons. The van der Waals surface area contributed by atoms with Gasteiger partial charge in [0.2, 0.25) is 5.91 Å². The van der Waals surface area contributed by atoms with Crippen LogP contribution in [0.2, 0.25) is 0 Å². The van der Waals surface area contributed by atoms with Crippen LogP contribution in [-0.4, -0.2) is 84.1 Å². The average molecular weight is 576 g/mol. The number of aromatic nitrogens is 2. The minimum atomic E-state index is -0.257. The van der Waals surface area contributed by atoms with E-state index in [4.69, 9.17) is 14.7 Å². The molecule has 41 heavy (non-hydrogen) atoms. The summed E-state index contributed by atoms with van der Waals surface area (Å²) >= 11 is 1.41. The summed E-state index contributed by atoms with van der Waals surface area (Å²) in [6.45, 7) is 8.08. The highest BCUT2D eigenvalue weighted by molar-refractivity contribution is 7.17. The summed E-state index contributed by atoms with van der Waals surface area (Å²) in [4.78, 5) is 30.8. The Morgan fingerprint density at radius 2 is 2.10 bits per heavy atom. The maximum Gasteiger partial charge on any atom is 0.318 e. The highest BCUT2D eigenvalue weighted by Crippen LogP contribution is 2.37. The van der Waals surface area contributed by atoms with Crippen LogP contribution >= 0.6 is 11.3 Å². The van der Waals surface area contributed by atoms with Crippen molar-refractivity contribution in [2.75, 3.05) is 56.2 Å². The Labute approximate surface area is 243 Å². The number of carbonyl (C=O) groups is 1. The number of carbonyl (C=O) groups excluding carboxylic acids is 1. The van der Waals surface area contributed by atoms with Crippen molar-refractivity contribution in [1.82, 2.24) is 19.8 Å². The second-order valence-corrected chi connectivity index (χ2v) is 11.9. The molecule has 3 aliphatic rings. The predicted octanol–water partition coefficient (Wildman–Crippen LogP) is 3.98. The van der Waals surface area contributed by atoms with Gasteiger partial charge in [0, 0.05) is 48.9 Å². The summed E-state index contributed by atoms with van der Waals surface area (Å²) in [5, 5.41) is 12.3. The van der Waals surface area contributed by atoms with Gasteiger partial charge in [-0.05, 0) is 62.5 Å². The number of amides is 1. The second-order valence-electron chi connectivity index (χ2n) is 10.9. The van der Waals surface area contributed by atoms with Gasteiger partial charge in [-0.2, -0.15) is 15.2 Å². The molecule has 0 bridgehead atoms. The van der Waals surface area contributed by atoms with Crippen LogP contribution in [0.15, 0.2) is 36.2 Å². The van der Waals surface area contributed by atoms with Crippen molar-refractivity contribution in [2.24, 2.45) is 0 Å². The van der Waals surface area contributed by atoms with Crippen LogP contribution in [0.25, 0.3) is 10.1 Å². The number of rotatable bonds is 7. The van der Waals surface area contributed by atoms with Gasteiger partial charge >= 0.3 is 6.01 Å². The van der Waals surface area contributed by atoms with Crippen molar-refractivity contribution in [2.45, 2.75) is 44.3 Å². The third kappa shape index (κ3) is 5.34. The van der Waals surface area contributed by atoms with Gasteiger partial charge in [0.25, 0.3) is 0 Å². The Bertz CT molecular complexity index is 1500. The lowest BCUT2D eigenvalue weighted by Crippen LogP contribution is -2.55. The highest BCUT2D eigenvalue weighted by Gasteiger charge is 2.33. The van der Waals surface area contributed by atoms with Crippen molar-refractivity contribution < 1.29 is 13.9 Å².